The molecule has 3 rings (SSSR count). The minimum atomic E-state index is -0.845. The molecule has 0 unspecified atom stereocenters. The lowest BCUT2D eigenvalue weighted by atomic mass is 10.1. The Labute approximate surface area is 153 Å². The van der Waals surface area contributed by atoms with Crippen molar-refractivity contribution in [1.82, 2.24) is 5.16 Å². The Hall–Kier alpha value is -4.01. The second-order valence-corrected chi connectivity index (χ2v) is 5.60. The first-order valence-electron chi connectivity index (χ1n) is 7.77. The molecule has 1 heterocycles. The molecule has 9 nitrogen and oxygen atoms in total. The summed E-state index contributed by atoms with van der Waals surface area (Å²) in [6.07, 6.45) is 0. The Bertz CT molecular complexity index is 1010. The lowest BCUT2D eigenvalue weighted by Crippen LogP contribution is -2.15. The summed E-state index contributed by atoms with van der Waals surface area (Å²) in [6.45, 7) is 1.96. The molecule has 0 amide bonds. The van der Waals surface area contributed by atoms with Crippen LogP contribution in [0.15, 0.2) is 64.3 Å². The number of nitrogens with zero attached hydrogens (tertiary/aromatic N) is 3. The Morgan fingerprint density at radius 1 is 1.19 bits per heavy atom. The smallest absolute Gasteiger partial charge is 0.380 e. The van der Waals surface area contributed by atoms with Crippen LogP contribution in [0.1, 0.15) is 21.6 Å². The third kappa shape index (κ3) is 4.15. The lowest BCUT2D eigenvalue weighted by molar-refractivity contribution is -0.384. The highest BCUT2D eigenvalue weighted by atomic mass is 16.7. The fraction of sp³-hybridized carbons (Fsp3) is 0.0556. The zero-order valence-electron chi connectivity index (χ0n) is 14.2. The maximum absolute atomic E-state index is 12.0. The van der Waals surface area contributed by atoms with Crippen molar-refractivity contribution >= 4 is 17.5 Å². The maximum Gasteiger partial charge on any atom is 0.387 e. The van der Waals surface area contributed by atoms with E-state index >= 15 is 0 Å². The number of aryl methyl sites for hydroxylation is 1. The van der Waals surface area contributed by atoms with E-state index in [4.69, 9.17) is 15.1 Å². The van der Waals surface area contributed by atoms with Crippen LogP contribution in [0.3, 0.4) is 0 Å². The van der Waals surface area contributed by atoms with Gasteiger partial charge >= 0.3 is 5.97 Å². The van der Waals surface area contributed by atoms with Gasteiger partial charge in [0, 0.05) is 29.3 Å². The summed E-state index contributed by atoms with van der Waals surface area (Å²) in [5.74, 6) is -0.545. The molecule has 1 aromatic heterocycles. The number of non-ortho nitro benzene ring substituents is 1. The van der Waals surface area contributed by atoms with Crippen LogP contribution in [0.5, 0.6) is 0 Å². The minimum absolute atomic E-state index is 0.0641. The molecule has 0 aliphatic heterocycles. The first kappa shape index (κ1) is 17.8. The number of oxime groups is 1. The first-order valence-corrected chi connectivity index (χ1v) is 7.77. The predicted octanol–water partition coefficient (Wildman–Crippen LogP) is 3.04. The van der Waals surface area contributed by atoms with E-state index in [0.717, 1.165) is 11.1 Å². The van der Waals surface area contributed by atoms with Crippen molar-refractivity contribution in [2.45, 2.75) is 6.92 Å². The van der Waals surface area contributed by atoms with Crippen LogP contribution < -0.4 is 5.73 Å². The molecule has 0 radical (unpaired) electrons. The molecule has 0 saturated carbocycles. The van der Waals surface area contributed by atoms with Crippen LogP contribution in [-0.2, 0) is 4.84 Å². The number of hydrogen-bond acceptors (Lipinski definition) is 7. The molecule has 0 fully saturated rings. The molecule has 0 saturated heterocycles. The molecular weight excluding hydrogens is 352 g/mol. The van der Waals surface area contributed by atoms with E-state index in [1.807, 2.05) is 31.2 Å². The van der Waals surface area contributed by atoms with Crippen molar-refractivity contribution in [3.05, 3.63) is 81.5 Å². The van der Waals surface area contributed by atoms with Gasteiger partial charge in [-0.3, -0.25) is 10.1 Å². The van der Waals surface area contributed by atoms with Gasteiger partial charge in [-0.1, -0.05) is 40.1 Å². The van der Waals surface area contributed by atoms with E-state index < -0.39 is 10.9 Å². The summed E-state index contributed by atoms with van der Waals surface area (Å²) in [5, 5.41) is 17.8. The summed E-state index contributed by atoms with van der Waals surface area (Å²) in [5.41, 5.74) is 7.79. The van der Waals surface area contributed by atoms with Crippen molar-refractivity contribution in [1.29, 1.82) is 0 Å². The number of benzene rings is 2. The molecule has 0 aliphatic carbocycles. The molecular formula is C18H14N4O5. The topological polar surface area (TPSA) is 134 Å². The van der Waals surface area contributed by atoms with Crippen LogP contribution in [-0.4, -0.2) is 21.9 Å². The predicted molar refractivity (Wildman–Crippen MR) is 95.9 cm³/mol. The van der Waals surface area contributed by atoms with Gasteiger partial charge in [-0.2, -0.15) is 0 Å². The summed E-state index contributed by atoms with van der Waals surface area (Å²) >= 11 is 0. The maximum atomic E-state index is 12.0. The van der Waals surface area contributed by atoms with Crippen molar-refractivity contribution in [3.8, 4) is 11.3 Å². The van der Waals surface area contributed by atoms with E-state index in [0.29, 0.717) is 11.3 Å². The highest BCUT2D eigenvalue weighted by Crippen LogP contribution is 2.21. The lowest BCUT2D eigenvalue weighted by Gasteiger charge is -1.99. The van der Waals surface area contributed by atoms with Gasteiger partial charge < -0.3 is 15.1 Å². The van der Waals surface area contributed by atoms with Crippen LogP contribution >= 0.6 is 0 Å². The highest BCUT2D eigenvalue weighted by molar-refractivity contribution is 5.98. The first-order chi connectivity index (χ1) is 12.9. The minimum Gasteiger partial charge on any atom is -0.380 e. The van der Waals surface area contributed by atoms with Gasteiger partial charge in [0.15, 0.2) is 17.3 Å². The number of hydrogen-bond donors (Lipinski definition) is 1. The van der Waals surface area contributed by atoms with Gasteiger partial charge in [0.25, 0.3) is 5.69 Å². The fourth-order valence-electron chi connectivity index (χ4n) is 2.17. The zero-order valence-corrected chi connectivity index (χ0v) is 14.2. The molecule has 0 aliphatic rings. The average molecular weight is 366 g/mol. The van der Waals surface area contributed by atoms with E-state index in [2.05, 4.69) is 10.3 Å². The largest absolute Gasteiger partial charge is 0.387 e. The zero-order chi connectivity index (χ0) is 19.4. The highest BCUT2D eigenvalue weighted by Gasteiger charge is 2.16. The molecule has 0 atom stereocenters. The summed E-state index contributed by atoms with van der Waals surface area (Å²) in [4.78, 5) is 26.9. The number of nitro groups is 1. The fourth-order valence-corrected chi connectivity index (χ4v) is 2.17. The van der Waals surface area contributed by atoms with Gasteiger partial charge in [-0.05, 0) is 19.1 Å². The monoisotopic (exact) mass is 366 g/mol. The molecule has 9 heteroatoms. The third-order valence-electron chi connectivity index (χ3n) is 3.66. The number of amidine groups is 1. The van der Waals surface area contributed by atoms with Gasteiger partial charge in [0.1, 0.15) is 0 Å². The molecule has 27 heavy (non-hydrogen) atoms. The van der Waals surface area contributed by atoms with Crippen LogP contribution in [0, 0.1) is 17.0 Å². The van der Waals surface area contributed by atoms with Crippen LogP contribution in [0.2, 0.25) is 0 Å². The normalized spacial score (nSPS) is 11.2. The van der Waals surface area contributed by atoms with Crippen LogP contribution in [0.25, 0.3) is 11.3 Å². The molecule has 0 bridgehead atoms. The molecule has 2 N–H and O–H groups in total. The van der Waals surface area contributed by atoms with E-state index in [-0.39, 0.29) is 17.2 Å². The average Bonchev–Trinajstić information content (AvgIpc) is 3.16. The quantitative estimate of drug-likeness (QED) is 0.241. The van der Waals surface area contributed by atoms with Gasteiger partial charge in [0.05, 0.1) is 4.92 Å². The van der Waals surface area contributed by atoms with Crippen molar-refractivity contribution in [2.75, 3.05) is 0 Å². The Morgan fingerprint density at radius 2 is 1.85 bits per heavy atom. The van der Waals surface area contributed by atoms with Crippen molar-refractivity contribution in [2.24, 2.45) is 10.9 Å². The number of carbonyl (C=O) groups is 1. The van der Waals surface area contributed by atoms with E-state index in [1.165, 1.54) is 30.3 Å². The SMILES string of the molecule is Cc1ccc(-c2cc(C(=O)O/N=C(\N)c3ccc([N+](=O)[O-])cc3)no2)cc1. The molecule has 136 valence electrons. The van der Waals surface area contributed by atoms with Gasteiger partial charge in [0.2, 0.25) is 0 Å². The van der Waals surface area contributed by atoms with E-state index in [9.17, 15) is 14.9 Å². The van der Waals surface area contributed by atoms with Crippen LogP contribution in [0.4, 0.5) is 5.69 Å². The standard InChI is InChI=1S/C18H14N4O5/c1-11-2-4-12(5-3-11)16-10-15(20-26-16)18(23)27-21-17(19)13-6-8-14(9-7-13)22(24)25/h2-10H,1H3,(H2,19,21). The summed E-state index contributed by atoms with van der Waals surface area (Å²) in [6, 6.07) is 14.3. The molecule has 3 aromatic rings. The second kappa shape index (κ2) is 7.48. The van der Waals surface area contributed by atoms with Gasteiger partial charge in [-0.15, -0.1) is 0 Å². The number of aromatic nitrogens is 1. The number of carbonyl (C=O) groups excluding carboxylic acids is 1. The molecule has 2 aromatic carbocycles. The second-order valence-electron chi connectivity index (χ2n) is 5.60. The number of nitrogens with two attached hydrogens (primary N) is 1. The number of nitro benzene ring substituents is 1. The van der Waals surface area contributed by atoms with E-state index in [1.54, 1.807) is 0 Å². The summed E-state index contributed by atoms with van der Waals surface area (Å²) < 4.78 is 5.14. The Balaban J connectivity index is 1.69. The Morgan fingerprint density at radius 3 is 2.48 bits per heavy atom. The Kier molecular flexibility index (Phi) is 4.93. The molecule has 0 spiro atoms. The van der Waals surface area contributed by atoms with Crippen molar-refractivity contribution < 1.29 is 19.1 Å². The van der Waals surface area contributed by atoms with Gasteiger partial charge in [-0.25, -0.2) is 4.79 Å². The number of rotatable bonds is 5. The van der Waals surface area contributed by atoms with Crippen molar-refractivity contribution in [3.63, 3.8) is 0 Å². The summed E-state index contributed by atoms with van der Waals surface area (Å²) in [7, 11) is 0. The third-order valence-corrected chi connectivity index (χ3v) is 3.66.